The van der Waals surface area contributed by atoms with Crippen molar-refractivity contribution in [3.63, 3.8) is 0 Å². The standard InChI is InChI=1S/C17H26O/c1-12(17(2,3)4)10-16(18)15-11-14(15)13-8-6-5-7-9-13/h5-9,12,14-16,18H,10-11H2,1-4H3. The number of hydrogen-bond donors (Lipinski definition) is 1. The Kier molecular flexibility index (Phi) is 3.82. The number of aliphatic hydroxyl groups excluding tert-OH is 1. The van der Waals surface area contributed by atoms with Crippen LogP contribution in [0, 0.1) is 17.3 Å². The Hall–Kier alpha value is -0.820. The lowest BCUT2D eigenvalue weighted by atomic mass is 9.78. The van der Waals surface area contributed by atoms with E-state index in [2.05, 4.69) is 58.0 Å². The third kappa shape index (κ3) is 3.14. The summed E-state index contributed by atoms with van der Waals surface area (Å²) < 4.78 is 0. The van der Waals surface area contributed by atoms with E-state index in [1.54, 1.807) is 0 Å². The van der Waals surface area contributed by atoms with Crippen LogP contribution in [-0.4, -0.2) is 11.2 Å². The van der Waals surface area contributed by atoms with Crippen LogP contribution in [0.25, 0.3) is 0 Å². The number of benzene rings is 1. The van der Waals surface area contributed by atoms with Crippen LogP contribution in [0.3, 0.4) is 0 Å². The van der Waals surface area contributed by atoms with E-state index in [9.17, 15) is 5.11 Å². The number of hydrogen-bond acceptors (Lipinski definition) is 1. The maximum atomic E-state index is 10.4. The Labute approximate surface area is 111 Å². The van der Waals surface area contributed by atoms with Crippen molar-refractivity contribution in [3.05, 3.63) is 35.9 Å². The first-order valence-electron chi connectivity index (χ1n) is 7.12. The summed E-state index contributed by atoms with van der Waals surface area (Å²) in [7, 11) is 0. The molecule has 1 fully saturated rings. The van der Waals surface area contributed by atoms with Crippen LogP contribution in [-0.2, 0) is 0 Å². The van der Waals surface area contributed by atoms with Gasteiger partial charge in [0, 0.05) is 0 Å². The Morgan fingerprint density at radius 2 is 1.83 bits per heavy atom. The van der Waals surface area contributed by atoms with E-state index in [1.165, 1.54) is 5.56 Å². The fourth-order valence-corrected chi connectivity index (χ4v) is 2.61. The van der Waals surface area contributed by atoms with Crippen molar-refractivity contribution >= 4 is 0 Å². The van der Waals surface area contributed by atoms with Crippen LogP contribution >= 0.6 is 0 Å². The van der Waals surface area contributed by atoms with Gasteiger partial charge in [0.05, 0.1) is 6.10 Å². The molecular formula is C17H26O. The average Bonchev–Trinajstić information content (AvgIpc) is 3.08. The summed E-state index contributed by atoms with van der Waals surface area (Å²) in [4.78, 5) is 0. The molecule has 1 aromatic rings. The SMILES string of the molecule is CC(CC(O)C1CC1c1ccccc1)C(C)(C)C. The van der Waals surface area contributed by atoms with Crippen molar-refractivity contribution in [1.29, 1.82) is 0 Å². The predicted octanol–water partition coefficient (Wildman–Crippen LogP) is 4.22. The van der Waals surface area contributed by atoms with Gasteiger partial charge in [0.25, 0.3) is 0 Å². The summed E-state index contributed by atoms with van der Waals surface area (Å²) >= 11 is 0. The molecule has 0 radical (unpaired) electrons. The highest BCUT2D eigenvalue weighted by Crippen LogP contribution is 2.51. The zero-order valence-corrected chi connectivity index (χ0v) is 12.1. The minimum Gasteiger partial charge on any atom is -0.393 e. The van der Waals surface area contributed by atoms with E-state index in [0.717, 1.165) is 12.8 Å². The van der Waals surface area contributed by atoms with Crippen molar-refractivity contribution in [2.24, 2.45) is 17.3 Å². The molecule has 4 atom stereocenters. The Balaban J connectivity index is 1.88. The zero-order chi connectivity index (χ0) is 13.3. The molecule has 0 heterocycles. The van der Waals surface area contributed by atoms with Crippen molar-refractivity contribution in [2.45, 2.75) is 52.6 Å². The summed E-state index contributed by atoms with van der Waals surface area (Å²) in [5, 5.41) is 10.4. The normalized spacial score (nSPS) is 26.7. The van der Waals surface area contributed by atoms with Crippen molar-refractivity contribution in [2.75, 3.05) is 0 Å². The highest BCUT2D eigenvalue weighted by atomic mass is 16.3. The molecule has 100 valence electrons. The fraction of sp³-hybridized carbons (Fsp3) is 0.647. The van der Waals surface area contributed by atoms with E-state index in [1.807, 2.05) is 0 Å². The highest BCUT2D eigenvalue weighted by molar-refractivity contribution is 5.26. The Bertz CT molecular complexity index is 376. The Morgan fingerprint density at radius 1 is 1.22 bits per heavy atom. The number of aliphatic hydroxyl groups is 1. The van der Waals surface area contributed by atoms with Gasteiger partial charge in [-0.05, 0) is 41.6 Å². The molecule has 1 saturated carbocycles. The van der Waals surface area contributed by atoms with Gasteiger partial charge in [-0.1, -0.05) is 58.0 Å². The van der Waals surface area contributed by atoms with Crippen LogP contribution in [0.5, 0.6) is 0 Å². The van der Waals surface area contributed by atoms with Crippen LogP contribution in [0.1, 0.15) is 52.0 Å². The first-order chi connectivity index (χ1) is 8.39. The van der Waals surface area contributed by atoms with E-state index in [4.69, 9.17) is 0 Å². The molecule has 1 aromatic carbocycles. The molecule has 0 amide bonds. The zero-order valence-electron chi connectivity index (χ0n) is 12.1. The minimum absolute atomic E-state index is 0.135. The molecule has 1 nitrogen and oxygen atoms in total. The molecular weight excluding hydrogens is 220 g/mol. The second-order valence-corrected chi connectivity index (χ2v) is 6.99. The second-order valence-electron chi connectivity index (χ2n) is 6.99. The van der Waals surface area contributed by atoms with Gasteiger partial charge >= 0.3 is 0 Å². The third-order valence-corrected chi connectivity index (χ3v) is 4.64. The first-order valence-corrected chi connectivity index (χ1v) is 7.12. The van der Waals surface area contributed by atoms with Crippen LogP contribution in [0.4, 0.5) is 0 Å². The maximum absolute atomic E-state index is 10.4. The lowest BCUT2D eigenvalue weighted by Crippen LogP contribution is -2.24. The summed E-state index contributed by atoms with van der Waals surface area (Å²) in [5.74, 6) is 1.63. The quantitative estimate of drug-likeness (QED) is 0.843. The van der Waals surface area contributed by atoms with Gasteiger partial charge in [-0.3, -0.25) is 0 Å². The summed E-state index contributed by atoms with van der Waals surface area (Å²) in [6, 6.07) is 10.6. The van der Waals surface area contributed by atoms with Crippen LogP contribution in [0.2, 0.25) is 0 Å². The van der Waals surface area contributed by atoms with Gasteiger partial charge in [0.1, 0.15) is 0 Å². The van der Waals surface area contributed by atoms with E-state index < -0.39 is 0 Å². The minimum atomic E-state index is -0.135. The van der Waals surface area contributed by atoms with Gasteiger partial charge in [-0.15, -0.1) is 0 Å². The maximum Gasteiger partial charge on any atom is 0.0577 e. The van der Waals surface area contributed by atoms with E-state index >= 15 is 0 Å². The van der Waals surface area contributed by atoms with Gasteiger partial charge in [0.15, 0.2) is 0 Å². The van der Waals surface area contributed by atoms with Crippen molar-refractivity contribution in [3.8, 4) is 0 Å². The topological polar surface area (TPSA) is 20.2 Å². The lowest BCUT2D eigenvalue weighted by molar-refractivity contribution is 0.0914. The van der Waals surface area contributed by atoms with Gasteiger partial charge in [-0.25, -0.2) is 0 Å². The van der Waals surface area contributed by atoms with Crippen molar-refractivity contribution < 1.29 is 5.11 Å². The smallest absolute Gasteiger partial charge is 0.0577 e. The molecule has 0 saturated heterocycles. The molecule has 0 aromatic heterocycles. The molecule has 2 rings (SSSR count). The van der Waals surface area contributed by atoms with E-state index in [0.29, 0.717) is 17.8 Å². The monoisotopic (exact) mass is 246 g/mol. The predicted molar refractivity (Wildman–Crippen MR) is 76.5 cm³/mol. The molecule has 4 unspecified atom stereocenters. The molecule has 1 N–H and O–H groups in total. The van der Waals surface area contributed by atoms with Crippen LogP contribution in [0.15, 0.2) is 30.3 Å². The lowest BCUT2D eigenvalue weighted by Gasteiger charge is -2.29. The molecule has 0 aliphatic heterocycles. The molecule has 1 aliphatic rings. The molecule has 18 heavy (non-hydrogen) atoms. The van der Waals surface area contributed by atoms with Crippen molar-refractivity contribution in [1.82, 2.24) is 0 Å². The highest BCUT2D eigenvalue weighted by Gasteiger charge is 2.43. The van der Waals surface area contributed by atoms with Crippen LogP contribution < -0.4 is 0 Å². The third-order valence-electron chi connectivity index (χ3n) is 4.64. The fourth-order valence-electron chi connectivity index (χ4n) is 2.61. The van der Waals surface area contributed by atoms with Gasteiger partial charge in [-0.2, -0.15) is 0 Å². The summed E-state index contributed by atoms with van der Waals surface area (Å²) in [6.07, 6.45) is 1.95. The first kappa shape index (κ1) is 13.6. The Morgan fingerprint density at radius 3 is 2.39 bits per heavy atom. The average molecular weight is 246 g/mol. The largest absolute Gasteiger partial charge is 0.393 e. The van der Waals surface area contributed by atoms with Gasteiger partial charge in [0.2, 0.25) is 0 Å². The second kappa shape index (κ2) is 5.05. The van der Waals surface area contributed by atoms with E-state index in [-0.39, 0.29) is 11.5 Å². The summed E-state index contributed by atoms with van der Waals surface area (Å²) in [5.41, 5.74) is 1.68. The molecule has 1 aliphatic carbocycles. The number of rotatable bonds is 4. The summed E-state index contributed by atoms with van der Waals surface area (Å²) in [6.45, 7) is 9.02. The van der Waals surface area contributed by atoms with Gasteiger partial charge < -0.3 is 5.11 Å². The molecule has 0 spiro atoms. The molecule has 1 heteroatoms. The molecule has 0 bridgehead atoms.